The van der Waals surface area contributed by atoms with Crippen LogP contribution in [-0.4, -0.2) is 16.0 Å². The maximum Gasteiger partial charge on any atom is 0.146 e. The molecule has 1 aromatic heterocycles. The molecule has 1 aliphatic rings. The van der Waals surface area contributed by atoms with Gasteiger partial charge in [-0.05, 0) is 67.3 Å². The van der Waals surface area contributed by atoms with Crippen molar-refractivity contribution in [3.63, 3.8) is 0 Å². The van der Waals surface area contributed by atoms with E-state index in [0.717, 1.165) is 37.8 Å². The van der Waals surface area contributed by atoms with Crippen LogP contribution in [0.3, 0.4) is 0 Å². The SMILES string of the molecule is O/N=C(/C[C@H]1CC[C@H](c2cccnc2)CC1)Nc1cccc(Cl)c1. The van der Waals surface area contributed by atoms with Crippen LogP contribution in [-0.2, 0) is 0 Å². The Balaban J connectivity index is 1.53. The molecule has 3 rings (SSSR count). The number of amidine groups is 1. The maximum atomic E-state index is 9.30. The quantitative estimate of drug-likeness (QED) is 0.343. The molecule has 1 saturated carbocycles. The molecule has 1 heterocycles. The summed E-state index contributed by atoms with van der Waals surface area (Å²) < 4.78 is 0. The van der Waals surface area contributed by atoms with Crippen LogP contribution in [0.25, 0.3) is 0 Å². The fourth-order valence-corrected chi connectivity index (χ4v) is 3.63. The molecule has 0 aliphatic heterocycles. The van der Waals surface area contributed by atoms with Crippen LogP contribution in [0.5, 0.6) is 0 Å². The molecule has 2 aromatic rings. The predicted molar refractivity (Wildman–Crippen MR) is 97.8 cm³/mol. The van der Waals surface area contributed by atoms with Crippen molar-refractivity contribution in [3.05, 3.63) is 59.4 Å². The van der Waals surface area contributed by atoms with Gasteiger partial charge in [0.05, 0.1) is 0 Å². The summed E-state index contributed by atoms with van der Waals surface area (Å²) in [5, 5.41) is 16.6. The van der Waals surface area contributed by atoms with Crippen LogP contribution in [0.15, 0.2) is 53.9 Å². The minimum Gasteiger partial charge on any atom is -0.409 e. The minimum atomic E-state index is 0.538. The molecule has 0 radical (unpaired) electrons. The molecule has 4 nitrogen and oxygen atoms in total. The highest BCUT2D eigenvalue weighted by atomic mass is 35.5. The van der Waals surface area contributed by atoms with Crippen molar-refractivity contribution in [1.82, 2.24) is 4.98 Å². The van der Waals surface area contributed by atoms with Gasteiger partial charge in [0.15, 0.2) is 0 Å². The van der Waals surface area contributed by atoms with E-state index in [1.54, 1.807) is 0 Å². The van der Waals surface area contributed by atoms with E-state index in [9.17, 15) is 5.21 Å². The second-order valence-corrected chi connectivity index (χ2v) is 6.83. The summed E-state index contributed by atoms with van der Waals surface area (Å²) in [6, 6.07) is 11.6. The topological polar surface area (TPSA) is 57.5 Å². The number of hydrogen-bond acceptors (Lipinski definition) is 3. The number of benzene rings is 1. The van der Waals surface area contributed by atoms with Crippen LogP contribution < -0.4 is 5.32 Å². The van der Waals surface area contributed by atoms with Gasteiger partial charge in [0, 0.05) is 29.5 Å². The van der Waals surface area contributed by atoms with Gasteiger partial charge < -0.3 is 10.5 Å². The third-order valence-electron chi connectivity index (χ3n) is 4.72. The first kappa shape index (κ1) is 16.8. The Bertz CT molecular complexity index is 682. The second-order valence-electron chi connectivity index (χ2n) is 6.39. The van der Waals surface area contributed by atoms with Crippen LogP contribution in [0.4, 0.5) is 5.69 Å². The number of rotatable bonds is 4. The van der Waals surface area contributed by atoms with Gasteiger partial charge in [-0.1, -0.05) is 28.9 Å². The van der Waals surface area contributed by atoms with Gasteiger partial charge in [-0.2, -0.15) is 0 Å². The van der Waals surface area contributed by atoms with E-state index in [2.05, 4.69) is 21.5 Å². The molecule has 0 bridgehead atoms. The molecule has 0 amide bonds. The Kier molecular flexibility index (Phi) is 5.70. The zero-order valence-corrected chi connectivity index (χ0v) is 14.3. The summed E-state index contributed by atoms with van der Waals surface area (Å²) in [4.78, 5) is 4.22. The summed E-state index contributed by atoms with van der Waals surface area (Å²) in [5.41, 5.74) is 2.18. The average Bonchev–Trinajstić information content (AvgIpc) is 2.62. The Labute approximate surface area is 147 Å². The third kappa shape index (κ3) is 4.48. The van der Waals surface area contributed by atoms with Crippen LogP contribution in [0.1, 0.15) is 43.6 Å². The summed E-state index contributed by atoms with van der Waals surface area (Å²) in [6.07, 6.45) is 9.14. The van der Waals surface area contributed by atoms with E-state index in [0.29, 0.717) is 22.7 Å². The smallest absolute Gasteiger partial charge is 0.146 e. The summed E-state index contributed by atoms with van der Waals surface area (Å²) in [5.74, 6) is 1.74. The van der Waals surface area contributed by atoms with Crippen molar-refractivity contribution in [2.75, 3.05) is 5.32 Å². The van der Waals surface area contributed by atoms with Crippen molar-refractivity contribution < 1.29 is 5.21 Å². The van der Waals surface area contributed by atoms with Crippen molar-refractivity contribution in [2.45, 2.75) is 38.0 Å². The number of nitrogens with zero attached hydrogens (tertiary/aromatic N) is 2. The molecule has 0 saturated heterocycles. The summed E-state index contributed by atoms with van der Waals surface area (Å²) >= 11 is 5.99. The Morgan fingerprint density at radius 2 is 2.04 bits per heavy atom. The first-order chi connectivity index (χ1) is 11.7. The molecule has 0 spiro atoms. The highest BCUT2D eigenvalue weighted by Crippen LogP contribution is 2.36. The van der Waals surface area contributed by atoms with Crippen molar-refractivity contribution in [3.8, 4) is 0 Å². The van der Waals surface area contributed by atoms with Crippen molar-refractivity contribution in [2.24, 2.45) is 11.1 Å². The van der Waals surface area contributed by atoms with Gasteiger partial charge >= 0.3 is 0 Å². The number of aromatic nitrogens is 1. The lowest BCUT2D eigenvalue weighted by Crippen LogP contribution is -2.21. The highest BCUT2D eigenvalue weighted by Gasteiger charge is 2.23. The minimum absolute atomic E-state index is 0.538. The molecule has 0 unspecified atom stereocenters. The van der Waals surface area contributed by atoms with Gasteiger partial charge in [-0.3, -0.25) is 4.98 Å². The van der Waals surface area contributed by atoms with E-state index in [1.807, 2.05) is 42.7 Å². The van der Waals surface area contributed by atoms with Crippen molar-refractivity contribution in [1.29, 1.82) is 0 Å². The Morgan fingerprint density at radius 3 is 2.71 bits per heavy atom. The summed E-state index contributed by atoms with van der Waals surface area (Å²) in [7, 11) is 0. The van der Waals surface area contributed by atoms with Gasteiger partial charge in [-0.15, -0.1) is 0 Å². The van der Waals surface area contributed by atoms with E-state index in [-0.39, 0.29) is 0 Å². The second kappa shape index (κ2) is 8.15. The van der Waals surface area contributed by atoms with Gasteiger partial charge in [0.25, 0.3) is 0 Å². The first-order valence-corrected chi connectivity index (χ1v) is 8.76. The van der Waals surface area contributed by atoms with Crippen molar-refractivity contribution >= 4 is 23.1 Å². The molecule has 0 atom stereocenters. The maximum absolute atomic E-state index is 9.30. The average molecular weight is 344 g/mol. The first-order valence-electron chi connectivity index (χ1n) is 8.38. The van der Waals surface area contributed by atoms with Crippen LogP contribution in [0, 0.1) is 5.92 Å². The monoisotopic (exact) mass is 343 g/mol. The lowest BCUT2D eigenvalue weighted by Gasteiger charge is -2.28. The molecule has 1 aliphatic carbocycles. The predicted octanol–water partition coefficient (Wildman–Crippen LogP) is 5.30. The third-order valence-corrected chi connectivity index (χ3v) is 4.95. The van der Waals surface area contributed by atoms with Gasteiger partial charge in [-0.25, -0.2) is 0 Å². The lowest BCUT2D eigenvalue weighted by atomic mass is 9.78. The molecule has 5 heteroatoms. The van der Waals surface area contributed by atoms with Crippen LogP contribution in [0.2, 0.25) is 5.02 Å². The number of oxime groups is 1. The van der Waals surface area contributed by atoms with Crippen LogP contribution >= 0.6 is 11.6 Å². The number of halogens is 1. The number of anilines is 1. The number of hydrogen-bond donors (Lipinski definition) is 2. The van der Waals surface area contributed by atoms with Gasteiger partial charge in [0.1, 0.15) is 5.84 Å². The Hall–Kier alpha value is -2.07. The Morgan fingerprint density at radius 1 is 1.21 bits per heavy atom. The number of pyridine rings is 1. The summed E-state index contributed by atoms with van der Waals surface area (Å²) in [6.45, 7) is 0. The number of nitrogens with one attached hydrogen (secondary N) is 1. The molecule has 24 heavy (non-hydrogen) atoms. The fraction of sp³-hybridized carbons (Fsp3) is 0.368. The van der Waals surface area contributed by atoms with E-state index in [4.69, 9.17) is 11.6 Å². The van der Waals surface area contributed by atoms with E-state index >= 15 is 0 Å². The largest absolute Gasteiger partial charge is 0.409 e. The van der Waals surface area contributed by atoms with E-state index < -0.39 is 0 Å². The zero-order chi connectivity index (χ0) is 16.8. The molecular weight excluding hydrogens is 322 g/mol. The standard InChI is InChI=1S/C19H22ClN3O/c20-17-4-1-5-18(12-17)22-19(23-24)11-14-6-8-15(9-7-14)16-3-2-10-21-13-16/h1-5,10,12-15,24H,6-9,11H2,(H,22,23)/t14-,15-. The van der Waals surface area contributed by atoms with E-state index in [1.165, 1.54) is 5.56 Å². The molecule has 1 fully saturated rings. The highest BCUT2D eigenvalue weighted by molar-refractivity contribution is 6.30. The zero-order valence-electron chi connectivity index (χ0n) is 13.5. The molecule has 1 aromatic carbocycles. The molecule has 2 N–H and O–H groups in total. The normalized spacial score (nSPS) is 21.5. The fourth-order valence-electron chi connectivity index (χ4n) is 3.44. The molecule has 126 valence electrons. The molecular formula is C19H22ClN3O. The lowest BCUT2D eigenvalue weighted by molar-refractivity contribution is 0.306. The van der Waals surface area contributed by atoms with Gasteiger partial charge in [0.2, 0.25) is 0 Å².